The topological polar surface area (TPSA) is 117 Å². The smallest absolute Gasteiger partial charge is 0.324 e. The maximum atomic E-state index is 13.5. The second kappa shape index (κ2) is 12.1. The number of amides is 2. The number of aromatic nitrogens is 4. The summed E-state index contributed by atoms with van der Waals surface area (Å²) in [5.74, 6) is 0.831. The molecule has 0 radical (unpaired) electrons. The van der Waals surface area contributed by atoms with E-state index in [1.54, 1.807) is 17.2 Å². The van der Waals surface area contributed by atoms with Gasteiger partial charge in [-0.15, -0.1) is 0 Å². The molecule has 41 heavy (non-hydrogen) atoms. The molecular weight excluding hydrogens is 514 g/mol. The molecule has 0 bridgehead atoms. The number of H-pyrrole nitrogens is 1. The van der Waals surface area contributed by atoms with Gasteiger partial charge in [0.05, 0.1) is 17.7 Å². The van der Waals surface area contributed by atoms with E-state index in [9.17, 15) is 9.59 Å². The van der Waals surface area contributed by atoms with Crippen molar-refractivity contribution in [2.45, 2.75) is 58.3 Å². The number of imidazole rings is 1. The number of rotatable bonds is 8. The first kappa shape index (κ1) is 28.3. The number of benzene rings is 2. The Bertz CT molecular complexity index is 1460. The number of aryl methyl sites for hydroxylation is 1. The Labute approximate surface area is 241 Å². The number of hydrogen-bond acceptors (Lipinski definition) is 5. The number of ketones is 1. The van der Waals surface area contributed by atoms with Gasteiger partial charge in [0.25, 0.3) is 0 Å². The molecule has 4 aromatic rings. The molecular formula is C32H39N7O2. The van der Waals surface area contributed by atoms with Crippen LogP contribution >= 0.6 is 0 Å². The number of Topliss-reactive ketones (excluding diaryl/α,β-unsaturated/α-hetero) is 1. The van der Waals surface area contributed by atoms with E-state index in [4.69, 9.17) is 5.10 Å². The van der Waals surface area contributed by atoms with Crippen molar-refractivity contribution in [1.29, 1.82) is 0 Å². The summed E-state index contributed by atoms with van der Waals surface area (Å²) in [6.45, 7) is 10.1. The lowest BCUT2D eigenvalue weighted by molar-refractivity contribution is -0.121. The van der Waals surface area contributed by atoms with Crippen molar-refractivity contribution in [3.05, 3.63) is 89.6 Å². The second-order valence-electron chi connectivity index (χ2n) is 11.9. The highest BCUT2D eigenvalue weighted by Gasteiger charge is 2.31. The summed E-state index contributed by atoms with van der Waals surface area (Å²) in [4.78, 5) is 33.7. The van der Waals surface area contributed by atoms with E-state index >= 15 is 0 Å². The first-order valence-corrected chi connectivity index (χ1v) is 14.2. The highest BCUT2D eigenvalue weighted by molar-refractivity contribution is 5.99. The molecule has 1 unspecified atom stereocenters. The summed E-state index contributed by atoms with van der Waals surface area (Å²) >= 11 is 0. The molecule has 0 aliphatic carbocycles. The molecule has 214 valence electrons. The standard InChI is InChI=1S/C32H39N7O2/c1-21-5-11-26(12-6-21)39-29(18-28(38-39)32(2,3)4)37-31(41)36-24-9-7-22(8-10-24)30(23-13-15-33-16-14-23)27(40)17-25-19-34-20-35-25/h5-12,18-20,23,30,33H,13-17H2,1-4H3,(H,34,35)(H2,36,37,41). The van der Waals surface area contributed by atoms with Crippen LogP contribution in [-0.4, -0.2) is 44.7 Å². The lowest BCUT2D eigenvalue weighted by Gasteiger charge is -2.30. The van der Waals surface area contributed by atoms with Gasteiger partial charge < -0.3 is 15.6 Å². The van der Waals surface area contributed by atoms with Crippen LogP contribution in [0.25, 0.3) is 5.69 Å². The molecule has 1 saturated heterocycles. The molecule has 2 amide bonds. The minimum atomic E-state index is -0.364. The predicted octanol–water partition coefficient (Wildman–Crippen LogP) is 5.74. The van der Waals surface area contributed by atoms with E-state index in [-0.39, 0.29) is 29.1 Å². The van der Waals surface area contributed by atoms with E-state index < -0.39 is 0 Å². The highest BCUT2D eigenvalue weighted by atomic mass is 16.2. The number of hydrogen-bond donors (Lipinski definition) is 4. The van der Waals surface area contributed by atoms with Crippen LogP contribution in [0.15, 0.2) is 67.1 Å². The van der Waals surface area contributed by atoms with Crippen molar-refractivity contribution in [2.75, 3.05) is 23.7 Å². The number of urea groups is 1. The summed E-state index contributed by atoms with van der Waals surface area (Å²) in [6.07, 6.45) is 5.53. The van der Waals surface area contributed by atoms with Crippen molar-refractivity contribution in [1.82, 2.24) is 25.1 Å². The summed E-state index contributed by atoms with van der Waals surface area (Å²) in [6, 6.07) is 17.2. The Kier molecular flexibility index (Phi) is 8.35. The number of piperidine rings is 1. The first-order chi connectivity index (χ1) is 19.7. The van der Waals surface area contributed by atoms with E-state index in [1.165, 1.54) is 0 Å². The first-order valence-electron chi connectivity index (χ1n) is 14.2. The monoisotopic (exact) mass is 553 g/mol. The summed E-state index contributed by atoms with van der Waals surface area (Å²) in [5, 5.41) is 14.1. The molecule has 1 fully saturated rings. The molecule has 4 N–H and O–H groups in total. The Morgan fingerprint density at radius 2 is 1.73 bits per heavy atom. The van der Waals surface area contributed by atoms with E-state index in [0.29, 0.717) is 17.9 Å². The molecule has 9 heteroatoms. The molecule has 2 aromatic heterocycles. The quantitative estimate of drug-likeness (QED) is 0.222. The number of carbonyl (C=O) groups is 2. The van der Waals surface area contributed by atoms with Crippen molar-refractivity contribution in [3.8, 4) is 5.69 Å². The number of carbonyl (C=O) groups excluding carboxylic acids is 2. The van der Waals surface area contributed by atoms with E-state index in [0.717, 1.165) is 54.1 Å². The van der Waals surface area contributed by atoms with Gasteiger partial charge in [0, 0.05) is 41.4 Å². The summed E-state index contributed by atoms with van der Waals surface area (Å²) in [5.41, 5.74) is 5.16. The Hall–Kier alpha value is -4.24. The number of aromatic amines is 1. The molecule has 1 aliphatic rings. The molecule has 5 rings (SSSR count). The molecule has 2 aromatic carbocycles. The molecule has 9 nitrogen and oxygen atoms in total. The highest BCUT2D eigenvalue weighted by Crippen LogP contribution is 2.34. The maximum absolute atomic E-state index is 13.5. The van der Waals surface area contributed by atoms with Crippen LogP contribution in [0.5, 0.6) is 0 Å². The Morgan fingerprint density at radius 1 is 1.02 bits per heavy atom. The third-order valence-electron chi connectivity index (χ3n) is 7.65. The van der Waals surface area contributed by atoms with Gasteiger partial charge in [-0.1, -0.05) is 50.6 Å². The van der Waals surface area contributed by atoms with Gasteiger partial charge >= 0.3 is 6.03 Å². The van der Waals surface area contributed by atoms with Crippen LogP contribution in [0, 0.1) is 12.8 Å². The third-order valence-corrected chi connectivity index (χ3v) is 7.65. The van der Waals surface area contributed by atoms with E-state index in [1.807, 2.05) is 61.5 Å². The van der Waals surface area contributed by atoms with Gasteiger partial charge in [0.2, 0.25) is 0 Å². The molecule has 3 heterocycles. The van der Waals surface area contributed by atoms with Gasteiger partial charge in [-0.3, -0.25) is 10.1 Å². The summed E-state index contributed by atoms with van der Waals surface area (Å²) in [7, 11) is 0. The summed E-state index contributed by atoms with van der Waals surface area (Å²) < 4.78 is 1.76. The zero-order valence-corrected chi connectivity index (χ0v) is 24.2. The predicted molar refractivity (Wildman–Crippen MR) is 162 cm³/mol. The molecule has 1 atom stereocenters. The fourth-order valence-electron chi connectivity index (χ4n) is 5.35. The van der Waals surface area contributed by atoms with Crippen molar-refractivity contribution >= 4 is 23.3 Å². The lowest BCUT2D eigenvalue weighted by atomic mass is 9.77. The zero-order valence-electron chi connectivity index (χ0n) is 24.2. The van der Waals surface area contributed by atoms with Gasteiger partial charge in [-0.2, -0.15) is 5.10 Å². The lowest BCUT2D eigenvalue weighted by Crippen LogP contribution is -2.34. The third kappa shape index (κ3) is 6.92. The Morgan fingerprint density at radius 3 is 2.37 bits per heavy atom. The van der Waals surface area contributed by atoms with Crippen molar-refractivity contribution in [2.24, 2.45) is 5.92 Å². The van der Waals surface area contributed by atoms with Crippen molar-refractivity contribution in [3.63, 3.8) is 0 Å². The minimum Gasteiger partial charge on any atom is -0.348 e. The van der Waals surface area contributed by atoms with Gasteiger partial charge in [-0.25, -0.2) is 14.5 Å². The van der Waals surface area contributed by atoms with Crippen molar-refractivity contribution < 1.29 is 9.59 Å². The molecule has 0 spiro atoms. The largest absolute Gasteiger partial charge is 0.348 e. The zero-order chi connectivity index (χ0) is 29.0. The van der Waals surface area contributed by atoms with Gasteiger partial charge in [0.15, 0.2) is 0 Å². The van der Waals surface area contributed by atoms with Gasteiger partial charge in [-0.05, 0) is 68.6 Å². The van der Waals surface area contributed by atoms with Crippen LogP contribution in [0.4, 0.5) is 16.3 Å². The fourth-order valence-corrected chi connectivity index (χ4v) is 5.35. The average molecular weight is 554 g/mol. The van der Waals surface area contributed by atoms with Crippen LogP contribution in [0.3, 0.4) is 0 Å². The average Bonchev–Trinajstić information content (AvgIpc) is 3.61. The Balaban J connectivity index is 1.32. The van der Waals surface area contributed by atoms with Crippen LogP contribution in [0.1, 0.15) is 62.0 Å². The van der Waals surface area contributed by atoms with Crippen LogP contribution in [-0.2, 0) is 16.6 Å². The minimum absolute atomic E-state index is 0.179. The number of nitrogens with one attached hydrogen (secondary N) is 4. The van der Waals surface area contributed by atoms with Gasteiger partial charge in [0.1, 0.15) is 11.6 Å². The normalized spacial score (nSPS) is 14.9. The van der Waals surface area contributed by atoms with Crippen LogP contribution < -0.4 is 16.0 Å². The van der Waals surface area contributed by atoms with Crippen LogP contribution in [0.2, 0.25) is 0 Å². The maximum Gasteiger partial charge on any atom is 0.324 e. The number of anilines is 2. The molecule has 0 saturated carbocycles. The fraction of sp³-hybridized carbons (Fsp3) is 0.375. The number of nitrogens with zero attached hydrogens (tertiary/aromatic N) is 3. The molecule has 1 aliphatic heterocycles. The second-order valence-corrected chi connectivity index (χ2v) is 11.9. The SMILES string of the molecule is Cc1ccc(-n2nc(C(C)(C)C)cc2NC(=O)Nc2ccc(C(C(=O)Cc3cnc[nH]3)C3CCNCC3)cc2)cc1. The van der Waals surface area contributed by atoms with E-state index in [2.05, 4.69) is 46.7 Å².